The van der Waals surface area contributed by atoms with E-state index in [1.165, 1.54) is 6.20 Å². The maximum atomic E-state index is 13.0. The van der Waals surface area contributed by atoms with Crippen LogP contribution in [0.2, 0.25) is 0 Å². The summed E-state index contributed by atoms with van der Waals surface area (Å²) in [5.41, 5.74) is 1.94. The van der Waals surface area contributed by atoms with Gasteiger partial charge < -0.3 is 10.1 Å². The minimum atomic E-state index is -0.536. The molecule has 2 aromatic rings. The van der Waals surface area contributed by atoms with Crippen LogP contribution < -0.4 is 5.32 Å². The topological polar surface area (TPSA) is 51.2 Å². The van der Waals surface area contributed by atoms with Gasteiger partial charge >= 0.3 is 6.09 Å². The molecule has 0 aliphatic rings. The third kappa shape index (κ3) is 4.91. The average molecular weight is 298 g/mol. The van der Waals surface area contributed by atoms with Gasteiger partial charge in [0.05, 0.1) is 6.54 Å². The predicted octanol–water partition coefficient (Wildman–Crippen LogP) is 2.81. The van der Waals surface area contributed by atoms with E-state index in [0.717, 1.165) is 5.56 Å². The molecule has 0 saturated carbocycles. The number of benzene rings is 1. The second-order valence-electron chi connectivity index (χ2n) is 4.55. The first kappa shape index (κ1) is 15.5. The Morgan fingerprint density at radius 3 is 2.86 bits per heavy atom. The number of ether oxygens (including phenoxy) is 1. The van der Waals surface area contributed by atoms with Crippen LogP contribution in [-0.4, -0.2) is 17.6 Å². The highest BCUT2D eigenvalue weighted by Gasteiger charge is 2.00. The smallest absolute Gasteiger partial charge is 0.408 e. The van der Waals surface area contributed by atoms with Crippen LogP contribution in [0.25, 0.3) is 0 Å². The zero-order chi connectivity index (χ0) is 15.8. The van der Waals surface area contributed by atoms with Crippen LogP contribution in [0, 0.1) is 24.7 Å². The Morgan fingerprint density at radius 1 is 1.36 bits per heavy atom. The number of carbonyl (C=O) groups is 1. The Labute approximate surface area is 128 Å². The van der Waals surface area contributed by atoms with Gasteiger partial charge in [-0.05, 0) is 18.6 Å². The van der Waals surface area contributed by atoms with E-state index in [2.05, 4.69) is 22.1 Å². The van der Waals surface area contributed by atoms with Crippen molar-refractivity contribution < 1.29 is 13.9 Å². The van der Waals surface area contributed by atoms with Gasteiger partial charge in [-0.2, -0.15) is 4.39 Å². The molecule has 1 aromatic heterocycles. The average Bonchev–Trinajstić information content (AvgIpc) is 2.54. The molecule has 0 bridgehead atoms. The first-order valence-corrected chi connectivity index (χ1v) is 6.71. The first-order valence-electron chi connectivity index (χ1n) is 6.71. The zero-order valence-electron chi connectivity index (χ0n) is 12.1. The molecule has 0 atom stereocenters. The number of rotatable bonds is 3. The van der Waals surface area contributed by atoms with Crippen molar-refractivity contribution in [3.63, 3.8) is 0 Å². The molecular formula is C17H15FN2O2. The molecule has 22 heavy (non-hydrogen) atoms. The number of carbonyl (C=O) groups excluding carboxylic acids is 1. The fraction of sp³-hybridized carbons (Fsp3) is 0.176. The molecule has 1 aromatic carbocycles. The van der Waals surface area contributed by atoms with Crippen molar-refractivity contribution in [2.75, 3.05) is 6.54 Å². The van der Waals surface area contributed by atoms with Crippen LogP contribution in [0.4, 0.5) is 9.18 Å². The molecule has 4 nitrogen and oxygen atoms in total. The van der Waals surface area contributed by atoms with E-state index in [9.17, 15) is 9.18 Å². The Bertz CT molecular complexity index is 706. The molecule has 0 radical (unpaired) electrons. The van der Waals surface area contributed by atoms with E-state index in [0.29, 0.717) is 11.1 Å². The van der Waals surface area contributed by atoms with Crippen molar-refractivity contribution in [1.82, 2.24) is 10.3 Å². The number of nitrogens with zero attached hydrogens (tertiary/aromatic N) is 1. The third-order valence-corrected chi connectivity index (χ3v) is 2.78. The predicted molar refractivity (Wildman–Crippen MR) is 80.4 cm³/mol. The van der Waals surface area contributed by atoms with Gasteiger partial charge in [0.25, 0.3) is 0 Å². The van der Waals surface area contributed by atoms with Crippen LogP contribution in [0.3, 0.4) is 0 Å². The monoisotopic (exact) mass is 298 g/mol. The van der Waals surface area contributed by atoms with E-state index < -0.39 is 12.0 Å². The summed E-state index contributed by atoms with van der Waals surface area (Å²) in [5.74, 6) is 5.04. The summed E-state index contributed by atoms with van der Waals surface area (Å²) >= 11 is 0. The van der Waals surface area contributed by atoms with Crippen LogP contribution in [0.15, 0.2) is 42.6 Å². The summed E-state index contributed by atoms with van der Waals surface area (Å²) in [5, 5.41) is 2.52. The molecule has 0 unspecified atom stereocenters. The number of pyridine rings is 1. The fourth-order valence-electron chi connectivity index (χ4n) is 1.66. The van der Waals surface area contributed by atoms with Crippen molar-refractivity contribution >= 4 is 6.09 Å². The normalized spacial score (nSPS) is 9.55. The maximum absolute atomic E-state index is 13.0. The molecule has 5 heteroatoms. The summed E-state index contributed by atoms with van der Waals surface area (Å²) in [4.78, 5) is 15.0. The number of halogens is 1. The highest BCUT2D eigenvalue weighted by molar-refractivity contribution is 5.67. The molecule has 0 saturated heterocycles. The van der Waals surface area contributed by atoms with Crippen molar-refractivity contribution in [2.45, 2.75) is 13.5 Å². The number of nitrogens with one attached hydrogen (secondary N) is 1. The van der Waals surface area contributed by atoms with Gasteiger partial charge in [0.2, 0.25) is 5.95 Å². The van der Waals surface area contributed by atoms with Crippen LogP contribution >= 0.6 is 0 Å². The number of alkyl carbamates (subject to hydrolysis) is 1. The SMILES string of the molecule is Cc1cc(C#CCNC(=O)OCc2ccccc2)cnc1F. The lowest BCUT2D eigenvalue weighted by Gasteiger charge is -2.04. The fourth-order valence-corrected chi connectivity index (χ4v) is 1.66. The van der Waals surface area contributed by atoms with E-state index in [-0.39, 0.29) is 13.2 Å². The second kappa shape index (κ2) is 7.79. The van der Waals surface area contributed by atoms with Crippen molar-refractivity contribution in [2.24, 2.45) is 0 Å². The summed E-state index contributed by atoms with van der Waals surface area (Å²) in [6.45, 7) is 1.97. The lowest BCUT2D eigenvalue weighted by Crippen LogP contribution is -2.24. The largest absolute Gasteiger partial charge is 0.445 e. The molecule has 0 aliphatic carbocycles. The van der Waals surface area contributed by atoms with E-state index in [1.807, 2.05) is 30.3 Å². The summed E-state index contributed by atoms with van der Waals surface area (Å²) < 4.78 is 18.0. The van der Waals surface area contributed by atoms with Crippen molar-refractivity contribution in [3.05, 3.63) is 65.2 Å². The maximum Gasteiger partial charge on any atom is 0.408 e. The molecule has 1 amide bonds. The first-order chi connectivity index (χ1) is 10.6. The van der Waals surface area contributed by atoms with Gasteiger partial charge in [0.1, 0.15) is 6.61 Å². The Hall–Kier alpha value is -2.87. The van der Waals surface area contributed by atoms with E-state index in [4.69, 9.17) is 4.74 Å². The number of hydrogen-bond donors (Lipinski definition) is 1. The molecule has 0 aliphatic heterocycles. The Morgan fingerprint density at radius 2 is 2.14 bits per heavy atom. The highest BCUT2D eigenvalue weighted by Crippen LogP contribution is 2.04. The molecule has 1 heterocycles. The summed E-state index contributed by atoms with van der Waals surface area (Å²) in [6, 6.07) is 11.0. The highest BCUT2D eigenvalue weighted by atomic mass is 19.1. The van der Waals surface area contributed by atoms with Gasteiger partial charge in [-0.3, -0.25) is 0 Å². The Kier molecular flexibility index (Phi) is 5.50. The van der Waals surface area contributed by atoms with Gasteiger partial charge in [0, 0.05) is 17.3 Å². The lowest BCUT2D eigenvalue weighted by molar-refractivity contribution is 0.141. The van der Waals surface area contributed by atoms with Gasteiger partial charge in [0.15, 0.2) is 0 Å². The molecule has 0 fully saturated rings. The number of aryl methyl sites for hydroxylation is 1. The molecule has 0 spiro atoms. The minimum Gasteiger partial charge on any atom is -0.445 e. The van der Waals surface area contributed by atoms with E-state index >= 15 is 0 Å². The number of amides is 1. The second-order valence-corrected chi connectivity index (χ2v) is 4.55. The van der Waals surface area contributed by atoms with Crippen molar-refractivity contribution in [3.8, 4) is 11.8 Å². The molecule has 112 valence electrons. The van der Waals surface area contributed by atoms with Gasteiger partial charge in [-0.25, -0.2) is 9.78 Å². The standard InChI is InChI=1S/C17H15FN2O2/c1-13-10-15(11-20-16(13)18)8-5-9-19-17(21)22-12-14-6-3-2-4-7-14/h2-4,6-7,10-11H,9,12H2,1H3,(H,19,21). The van der Waals surface area contributed by atoms with Crippen LogP contribution in [0.5, 0.6) is 0 Å². The van der Waals surface area contributed by atoms with E-state index in [1.54, 1.807) is 13.0 Å². The third-order valence-electron chi connectivity index (χ3n) is 2.78. The Balaban J connectivity index is 1.75. The molecular weight excluding hydrogens is 283 g/mol. The molecule has 2 rings (SSSR count). The quantitative estimate of drug-likeness (QED) is 0.700. The summed E-state index contributed by atoms with van der Waals surface area (Å²) in [6.07, 6.45) is 0.815. The van der Waals surface area contributed by atoms with Crippen molar-refractivity contribution in [1.29, 1.82) is 0 Å². The van der Waals surface area contributed by atoms with Crippen LogP contribution in [-0.2, 0) is 11.3 Å². The van der Waals surface area contributed by atoms with Gasteiger partial charge in [-0.15, -0.1) is 0 Å². The lowest BCUT2D eigenvalue weighted by atomic mass is 10.2. The number of hydrogen-bond acceptors (Lipinski definition) is 3. The van der Waals surface area contributed by atoms with Crippen LogP contribution in [0.1, 0.15) is 16.7 Å². The minimum absolute atomic E-state index is 0.143. The van der Waals surface area contributed by atoms with Gasteiger partial charge in [-0.1, -0.05) is 42.2 Å². The number of aromatic nitrogens is 1. The zero-order valence-corrected chi connectivity index (χ0v) is 12.1. The molecule has 1 N–H and O–H groups in total. The summed E-state index contributed by atoms with van der Waals surface area (Å²) in [7, 11) is 0.